The summed E-state index contributed by atoms with van der Waals surface area (Å²) >= 11 is 0. The quantitative estimate of drug-likeness (QED) is 0.0443. The Labute approximate surface area is 510 Å². The van der Waals surface area contributed by atoms with Gasteiger partial charge in [-0.1, -0.05) is 0 Å². The molecule has 10 N–H and O–H groups in total. The number of nitrogens with zero attached hydrogens (tertiary/aromatic N) is 4. The fourth-order valence-corrected chi connectivity index (χ4v) is 10.3. The zero-order valence-corrected chi connectivity index (χ0v) is 53.3. The average molecular weight is 1240 g/mol. The number of carboxylic acid groups (broad SMARTS) is 1. The maximum atomic E-state index is 14.3. The number of carboxylic acids is 1. The Balaban J connectivity index is 1.35. The Morgan fingerprint density at radius 2 is 0.874 bits per heavy atom. The van der Waals surface area contributed by atoms with Crippen molar-refractivity contribution in [3.8, 4) is 0 Å². The third-order valence-corrected chi connectivity index (χ3v) is 14.7. The number of likely N-dealkylation sites (tertiary alicyclic amines) is 4. The summed E-state index contributed by atoms with van der Waals surface area (Å²) in [6.07, 6.45) is 2.29. The minimum atomic E-state index is -1.44. The van der Waals surface area contributed by atoms with E-state index in [1.807, 2.05) is 20.8 Å². The molecule has 87 heavy (non-hydrogen) atoms. The Hall–Kier alpha value is -6.56. The minimum Gasteiger partial charge on any atom is -0.480 e. The maximum Gasteiger partial charge on any atom is 0.328 e. The van der Waals surface area contributed by atoms with Gasteiger partial charge >= 0.3 is 5.97 Å². The molecule has 0 aromatic rings. The standard InChI is InChI=1S/C58H98N12O17/c1-33(51(79)69-25-17-21-40(69)53(81)70-26-18-22-41(70)52(80)68-24-16-20-39(68)49(77)66-37(54(82)83)32-86-57(9,10)11)63-43(72)28-61-46(74)35(30-84-55(3,4)5)64-47(75)36(31-85-56(6,7)8)65-48(76)38-19-15-23-67(38)44(73)29-60-42(71)27-62-50(78)45(59)34(2)87-58(12,13)14/h33-41,45H,15-32,59H2,1-14H3,(H,60,71)(H,61,74)(H,62,78)(H,63,72)(H,64,75)(H,65,76)(H,66,77)(H,82,83)/t33-,34+,35-,36-,37-,38-,39-,40-,41-,45-/m0/s1. The second-order valence-electron chi connectivity index (χ2n) is 26.6. The molecule has 4 aliphatic rings. The van der Waals surface area contributed by atoms with E-state index in [4.69, 9.17) is 24.7 Å². The molecule has 0 aliphatic carbocycles. The van der Waals surface area contributed by atoms with Crippen molar-refractivity contribution in [2.24, 2.45) is 5.73 Å². The van der Waals surface area contributed by atoms with Gasteiger partial charge in [0.15, 0.2) is 6.04 Å². The minimum absolute atomic E-state index is 0.161. The molecule has 11 amide bonds. The summed E-state index contributed by atoms with van der Waals surface area (Å²) in [6.45, 7) is 22.2. The highest BCUT2D eigenvalue weighted by Crippen LogP contribution is 2.29. The first-order chi connectivity index (χ1) is 40.3. The largest absolute Gasteiger partial charge is 0.480 e. The lowest BCUT2D eigenvalue weighted by Crippen LogP contribution is -2.60. The first-order valence-electron chi connectivity index (χ1n) is 30.1. The number of amides is 11. The number of nitrogens with one attached hydrogen (secondary N) is 7. The van der Waals surface area contributed by atoms with Crippen LogP contribution in [0.25, 0.3) is 0 Å². The van der Waals surface area contributed by atoms with Crippen molar-refractivity contribution >= 4 is 70.9 Å². The fourth-order valence-electron chi connectivity index (χ4n) is 10.3. The van der Waals surface area contributed by atoms with Gasteiger partial charge in [-0.25, -0.2) is 4.79 Å². The van der Waals surface area contributed by atoms with E-state index in [1.165, 1.54) is 26.5 Å². The van der Waals surface area contributed by atoms with Crippen LogP contribution in [0.5, 0.6) is 0 Å². The number of carbonyl (C=O) groups is 12. The first-order valence-corrected chi connectivity index (χ1v) is 30.1. The monoisotopic (exact) mass is 1230 g/mol. The normalized spacial score (nSPS) is 21.2. The van der Waals surface area contributed by atoms with Crippen LogP contribution in [-0.2, 0) is 76.5 Å². The van der Waals surface area contributed by atoms with Gasteiger partial charge in [-0.15, -0.1) is 0 Å². The predicted molar refractivity (Wildman–Crippen MR) is 314 cm³/mol. The number of hydrogen-bond acceptors (Lipinski definition) is 17. The van der Waals surface area contributed by atoms with E-state index in [1.54, 1.807) is 69.2 Å². The van der Waals surface area contributed by atoms with Gasteiger partial charge in [0.2, 0.25) is 65.0 Å². The molecular formula is C58H98N12O17. The van der Waals surface area contributed by atoms with Gasteiger partial charge in [0.1, 0.15) is 48.3 Å². The average Bonchev–Trinajstić information content (AvgIpc) is 2.00. The Morgan fingerprint density at radius 1 is 0.471 bits per heavy atom. The van der Waals surface area contributed by atoms with Crippen LogP contribution in [0.3, 0.4) is 0 Å². The highest BCUT2D eigenvalue weighted by Gasteiger charge is 2.47. The van der Waals surface area contributed by atoms with Crippen LogP contribution in [-0.4, -0.2) is 244 Å². The van der Waals surface area contributed by atoms with E-state index in [9.17, 15) is 62.6 Å². The summed E-state index contributed by atoms with van der Waals surface area (Å²) in [5.41, 5.74) is 3.16. The van der Waals surface area contributed by atoms with Gasteiger partial charge in [-0.3, -0.25) is 52.7 Å². The molecule has 4 heterocycles. The van der Waals surface area contributed by atoms with Gasteiger partial charge in [0.25, 0.3) is 0 Å². The molecule has 0 radical (unpaired) electrons. The molecule has 0 bridgehead atoms. The second-order valence-corrected chi connectivity index (χ2v) is 26.6. The van der Waals surface area contributed by atoms with Gasteiger partial charge in [-0.05, 0) is 148 Å². The summed E-state index contributed by atoms with van der Waals surface area (Å²) in [4.78, 5) is 168. The van der Waals surface area contributed by atoms with Crippen molar-refractivity contribution in [3.63, 3.8) is 0 Å². The van der Waals surface area contributed by atoms with Crippen molar-refractivity contribution in [2.45, 2.75) is 231 Å². The SMILES string of the molecule is C[C@H](NC(=O)CNC(=O)[C@H](COC(C)(C)C)NC(=O)[C@H](COC(C)(C)C)NC(=O)[C@@H]1CCCN1C(=O)CNC(=O)CNC(=O)[C@@H](N)[C@@H](C)OC(C)(C)C)C(=O)N1CCC[C@H]1C(=O)N1CCC[C@H]1C(=O)N1CCC[C@H]1C(=O)N[C@@H](COC(C)(C)C)C(=O)O. The van der Waals surface area contributed by atoms with Gasteiger partial charge in [-0.2, -0.15) is 0 Å². The first kappa shape index (κ1) is 72.9. The molecule has 29 heteroatoms. The van der Waals surface area contributed by atoms with Gasteiger partial charge < -0.3 is 86.6 Å². The highest BCUT2D eigenvalue weighted by atomic mass is 16.5. The molecule has 4 rings (SSSR count). The topological polar surface area (TPSA) is 385 Å². The molecule has 4 saturated heterocycles. The summed E-state index contributed by atoms with van der Waals surface area (Å²) in [5.74, 6) is -8.58. The van der Waals surface area contributed by atoms with Crippen LogP contribution in [0.4, 0.5) is 0 Å². The lowest BCUT2D eigenvalue weighted by atomic mass is 10.1. The summed E-state index contributed by atoms with van der Waals surface area (Å²) in [7, 11) is 0. The van der Waals surface area contributed by atoms with Crippen LogP contribution in [0.1, 0.15) is 148 Å². The second kappa shape index (κ2) is 31.6. The molecule has 4 aliphatic heterocycles. The molecule has 0 spiro atoms. The van der Waals surface area contributed by atoms with E-state index in [0.29, 0.717) is 38.5 Å². The smallest absolute Gasteiger partial charge is 0.328 e. The number of ether oxygens (including phenoxy) is 4. The van der Waals surface area contributed by atoms with Crippen molar-refractivity contribution in [1.82, 2.24) is 56.8 Å². The van der Waals surface area contributed by atoms with Crippen LogP contribution >= 0.6 is 0 Å². The van der Waals surface area contributed by atoms with E-state index in [2.05, 4.69) is 37.2 Å². The Kier molecular flexibility index (Phi) is 26.5. The number of nitrogens with two attached hydrogens (primary N) is 1. The molecule has 4 fully saturated rings. The van der Waals surface area contributed by atoms with Crippen molar-refractivity contribution < 1.29 is 81.6 Å². The van der Waals surface area contributed by atoms with E-state index < -0.39 is 173 Å². The van der Waals surface area contributed by atoms with Crippen molar-refractivity contribution in [1.29, 1.82) is 0 Å². The zero-order valence-electron chi connectivity index (χ0n) is 53.3. The summed E-state index contributed by atoms with van der Waals surface area (Å²) in [6, 6.07) is -10.4. The van der Waals surface area contributed by atoms with Crippen molar-refractivity contribution in [2.75, 3.05) is 65.6 Å². The van der Waals surface area contributed by atoms with Gasteiger partial charge in [0, 0.05) is 26.2 Å². The zero-order chi connectivity index (χ0) is 65.5. The molecule has 0 aromatic carbocycles. The summed E-state index contributed by atoms with van der Waals surface area (Å²) in [5, 5.41) is 27.5. The van der Waals surface area contributed by atoms with Crippen LogP contribution in [0.15, 0.2) is 0 Å². The summed E-state index contributed by atoms with van der Waals surface area (Å²) < 4.78 is 23.2. The highest BCUT2D eigenvalue weighted by molar-refractivity contribution is 5.99. The molecular weight excluding hydrogens is 1140 g/mol. The third kappa shape index (κ3) is 23.2. The van der Waals surface area contributed by atoms with Crippen LogP contribution < -0.4 is 43.0 Å². The Morgan fingerprint density at radius 3 is 1.37 bits per heavy atom. The maximum absolute atomic E-state index is 14.3. The van der Waals surface area contributed by atoms with Gasteiger partial charge in [0.05, 0.1) is 68.0 Å². The molecule has 10 atom stereocenters. The molecule has 0 saturated carbocycles. The van der Waals surface area contributed by atoms with Crippen molar-refractivity contribution in [3.05, 3.63) is 0 Å². The number of rotatable bonds is 27. The number of hydrogen-bond donors (Lipinski definition) is 9. The predicted octanol–water partition coefficient (Wildman–Crippen LogP) is -1.68. The number of aliphatic carboxylic acids is 1. The van der Waals surface area contributed by atoms with E-state index in [0.717, 1.165) is 0 Å². The molecule has 0 unspecified atom stereocenters. The molecule has 29 nitrogen and oxygen atoms in total. The third-order valence-electron chi connectivity index (χ3n) is 14.7. The molecule has 492 valence electrons. The fraction of sp³-hybridized carbons (Fsp3) is 0.793. The van der Waals surface area contributed by atoms with Crippen LogP contribution in [0, 0.1) is 0 Å². The lowest BCUT2D eigenvalue weighted by Gasteiger charge is -2.34. The lowest BCUT2D eigenvalue weighted by molar-refractivity contribution is -0.151. The van der Waals surface area contributed by atoms with Crippen LogP contribution in [0.2, 0.25) is 0 Å². The van der Waals surface area contributed by atoms with E-state index in [-0.39, 0.29) is 58.8 Å². The number of carbonyl (C=O) groups excluding carboxylic acids is 11. The Bertz CT molecular complexity index is 2490. The molecule has 0 aromatic heterocycles. The van der Waals surface area contributed by atoms with E-state index >= 15 is 0 Å².